The predicted molar refractivity (Wildman–Crippen MR) is 65.4 cm³/mol. The molecule has 16 heavy (non-hydrogen) atoms. The Labute approximate surface area is 96.2 Å². The van der Waals surface area contributed by atoms with E-state index in [0.717, 1.165) is 24.2 Å². The maximum Gasteiger partial charge on any atom is 0.241 e. The summed E-state index contributed by atoms with van der Waals surface area (Å²) in [6.45, 7) is 5.05. The minimum atomic E-state index is -0.0420. The molecule has 2 unspecified atom stereocenters. The minimum Gasteiger partial charge on any atom is -0.324 e. The molecule has 0 saturated carbocycles. The van der Waals surface area contributed by atoms with Crippen LogP contribution in [0.1, 0.15) is 18.9 Å². The van der Waals surface area contributed by atoms with Gasteiger partial charge in [0.15, 0.2) is 0 Å². The first-order chi connectivity index (χ1) is 7.68. The highest BCUT2D eigenvalue weighted by molar-refractivity contribution is 5.95. The SMILES string of the molecule is Cc1ccccc1NC(=O)C1NCCC1C. The Balaban J connectivity index is 2.05. The summed E-state index contributed by atoms with van der Waals surface area (Å²) < 4.78 is 0. The maximum absolute atomic E-state index is 12.0. The molecule has 1 saturated heterocycles. The van der Waals surface area contributed by atoms with Crippen molar-refractivity contribution in [3.63, 3.8) is 0 Å². The lowest BCUT2D eigenvalue weighted by Crippen LogP contribution is -2.39. The van der Waals surface area contributed by atoms with Crippen molar-refractivity contribution in [3.05, 3.63) is 29.8 Å². The van der Waals surface area contributed by atoms with Gasteiger partial charge in [-0.2, -0.15) is 0 Å². The molecule has 1 aromatic rings. The Morgan fingerprint density at radius 2 is 2.19 bits per heavy atom. The van der Waals surface area contributed by atoms with Crippen LogP contribution in [-0.2, 0) is 4.79 Å². The van der Waals surface area contributed by atoms with Gasteiger partial charge in [-0.15, -0.1) is 0 Å². The van der Waals surface area contributed by atoms with Gasteiger partial charge in [-0.05, 0) is 37.4 Å². The molecule has 86 valence electrons. The maximum atomic E-state index is 12.0. The second kappa shape index (κ2) is 4.66. The third-order valence-corrected chi connectivity index (χ3v) is 3.22. The quantitative estimate of drug-likeness (QED) is 0.796. The van der Waals surface area contributed by atoms with Gasteiger partial charge in [-0.3, -0.25) is 4.79 Å². The average molecular weight is 218 g/mol. The average Bonchev–Trinajstić information content (AvgIpc) is 2.68. The molecule has 0 bridgehead atoms. The number of hydrogen-bond donors (Lipinski definition) is 2. The van der Waals surface area contributed by atoms with E-state index in [1.807, 2.05) is 31.2 Å². The Hall–Kier alpha value is -1.35. The molecule has 0 spiro atoms. The fourth-order valence-corrected chi connectivity index (χ4v) is 2.11. The van der Waals surface area contributed by atoms with Crippen LogP contribution in [0.3, 0.4) is 0 Å². The normalized spacial score (nSPS) is 24.4. The number of anilines is 1. The second-order valence-electron chi connectivity index (χ2n) is 4.50. The van der Waals surface area contributed by atoms with E-state index in [9.17, 15) is 4.79 Å². The Morgan fingerprint density at radius 3 is 2.81 bits per heavy atom. The van der Waals surface area contributed by atoms with E-state index in [4.69, 9.17) is 0 Å². The van der Waals surface area contributed by atoms with Crippen LogP contribution in [-0.4, -0.2) is 18.5 Å². The first-order valence-corrected chi connectivity index (χ1v) is 5.78. The minimum absolute atomic E-state index is 0.0420. The Bertz CT molecular complexity index is 389. The molecule has 2 rings (SSSR count). The van der Waals surface area contributed by atoms with Crippen LogP contribution < -0.4 is 10.6 Å². The largest absolute Gasteiger partial charge is 0.324 e. The van der Waals surface area contributed by atoms with Gasteiger partial charge < -0.3 is 10.6 Å². The molecule has 0 aliphatic carbocycles. The lowest BCUT2D eigenvalue weighted by Gasteiger charge is -2.16. The summed E-state index contributed by atoms with van der Waals surface area (Å²) in [4.78, 5) is 12.0. The van der Waals surface area contributed by atoms with Gasteiger partial charge in [0.05, 0.1) is 6.04 Å². The van der Waals surface area contributed by atoms with Crippen LogP contribution in [0.4, 0.5) is 5.69 Å². The lowest BCUT2D eigenvalue weighted by molar-refractivity contribution is -0.118. The number of amides is 1. The molecule has 1 aliphatic rings. The summed E-state index contributed by atoms with van der Waals surface area (Å²) >= 11 is 0. The van der Waals surface area contributed by atoms with Gasteiger partial charge in [0.2, 0.25) is 5.91 Å². The van der Waals surface area contributed by atoms with Crippen molar-refractivity contribution >= 4 is 11.6 Å². The van der Waals surface area contributed by atoms with E-state index in [1.165, 1.54) is 0 Å². The topological polar surface area (TPSA) is 41.1 Å². The number of hydrogen-bond acceptors (Lipinski definition) is 2. The number of benzene rings is 1. The molecule has 3 nitrogen and oxygen atoms in total. The Kier molecular flexibility index (Phi) is 3.25. The molecule has 2 N–H and O–H groups in total. The lowest BCUT2D eigenvalue weighted by atomic mass is 10.0. The van der Waals surface area contributed by atoms with Gasteiger partial charge >= 0.3 is 0 Å². The highest BCUT2D eigenvalue weighted by Gasteiger charge is 2.29. The summed E-state index contributed by atoms with van der Waals surface area (Å²) in [7, 11) is 0. The fraction of sp³-hybridized carbons (Fsp3) is 0.462. The molecule has 2 atom stereocenters. The predicted octanol–water partition coefficient (Wildman–Crippen LogP) is 1.93. The van der Waals surface area contributed by atoms with Crippen LogP contribution in [0.25, 0.3) is 0 Å². The third-order valence-electron chi connectivity index (χ3n) is 3.22. The fourth-order valence-electron chi connectivity index (χ4n) is 2.11. The van der Waals surface area contributed by atoms with E-state index in [2.05, 4.69) is 17.6 Å². The molecule has 1 aromatic carbocycles. The number of aryl methyl sites for hydroxylation is 1. The van der Waals surface area contributed by atoms with Crippen LogP contribution in [0.15, 0.2) is 24.3 Å². The molecule has 3 heteroatoms. The first kappa shape index (κ1) is 11.1. The zero-order chi connectivity index (χ0) is 11.5. The van der Waals surface area contributed by atoms with Crippen molar-refractivity contribution in [1.82, 2.24) is 5.32 Å². The van der Waals surface area contributed by atoms with E-state index < -0.39 is 0 Å². The number of carbonyl (C=O) groups is 1. The molecular formula is C13H18N2O. The standard InChI is InChI=1S/C13H18N2O/c1-9-5-3-4-6-11(9)15-13(16)12-10(2)7-8-14-12/h3-6,10,12,14H,7-8H2,1-2H3,(H,15,16). The van der Waals surface area contributed by atoms with Crippen LogP contribution in [0.5, 0.6) is 0 Å². The van der Waals surface area contributed by atoms with E-state index in [-0.39, 0.29) is 11.9 Å². The summed E-state index contributed by atoms with van der Waals surface area (Å²) in [5, 5.41) is 6.21. The van der Waals surface area contributed by atoms with E-state index in [1.54, 1.807) is 0 Å². The molecule has 1 heterocycles. The van der Waals surface area contributed by atoms with Crippen molar-refractivity contribution in [3.8, 4) is 0 Å². The zero-order valence-corrected chi connectivity index (χ0v) is 9.79. The summed E-state index contributed by atoms with van der Waals surface area (Å²) in [5.41, 5.74) is 2.01. The molecule has 1 amide bonds. The smallest absolute Gasteiger partial charge is 0.241 e. The number of carbonyl (C=O) groups excluding carboxylic acids is 1. The number of rotatable bonds is 2. The Morgan fingerprint density at radius 1 is 1.44 bits per heavy atom. The van der Waals surface area contributed by atoms with E-state index >= 15 is 0 Å². The molecule has 0 aromatic heterocycles. The number of nitrogens with one attached hydrogen (secondary N) is 2. The van der Waals surface area contributed by atoms with Gasteiger partial charge in [-0.25, -0.2) is 0 Å². The molecular weight excluding hydrogens is 200 g/mol. The summed E-state index contributed by atoms with van der Waals surface area (Å²) in [6.07, 6.45) is 1.08. The van der Waals surface area contributed by atoms with E-state index in [0.29, 0.717) is 5.92 Å². The molecule has 0 radical (unpaired) electrons. The summed E-state index contributed by atoms with van der Waals surface area (Å²) in [5.74, 6) is 0.503. The highest BCUT2D eigenvalue weighted by atomic mass is 16.2. The van der Waals surface area contributed by atoms with Crippen LogP contribution in [0.2, 0.25) is 0 Å². The van der Waals surface area contributed by atoms with Crippen molar-refractivity contribution in [1.29, 1.82) is 0 Å². The second-order valence-corrected chi connectivity index (χ2v) is 4.50. The first-order valence-electron chi connectivity index (χ1n) is 5.78. The molecule has 1 aliphatic heterocycles. The van der Waals surface area contributed by atoms with Gasteiger partial charge in [-0.1, -0.05) is 25.1 Å². The van der Waals surface area contributed by atoms with Crippen LogP contribution >= 0.6 is 0 Å². The van der Waals surface area contributed by atoms with Crippen molar-refractivity contribution < 1.29 is 4.79 Å². The van der Waals surface area contributed by atoms with Crippen molar-refractivity contribution in [2.75, 3.05) is 11.9 Å². The van der Waals surface area contributed by atoms with Crippen molar-refractivity contribution in [2.45, 2.75) is 26.3 Å². The van der Waals surface area contributed by atoms with Crippen molar-refractivity contribution in [2.24, 2.45) is 5.92 Å². The number of para-hydroxylation sites is 1. The van der Waals surface area contributed by atoms with Gasteiger partial charge in [0.1, 0.15) is 0 Å². The van der Waals surface area contributed by atoms with Gasteiger partial charge in [0, 0.05) is 5.69 Å². The highest BCUT2D eigenvalue weighted by Crippen LogP contribution is 2.18. The zero-order valence-electron chi connectivity index (χ0n) is 9.79. The molecule has 1 fully saturated rings. The summed E-state index contributed by atoms with van der Waals surface area (Å²) in [6, 6.07) is 7.81. The van der Waals surface area contributed by atoms with Crippen LogP contribution in [0, 0.1) is 12.8 Å². The monoisotopic (exact) mass is 218 g/mol. The van der Waals surface area contributed by atoms with Gasteiger partial charge in [0.25, 0.3) is 0 Å². The third kappa shape index (κ3) is 2.25.